The summed E-state index contributed by atoms with van der Waals surface area (Å²) in [6, 6.07) is 9.25. The van der Waals surface area contributed by atoms with Gasteiger partial charge >= 0.3 is 23.5 Å². The van der Waals surface area contributed by atoms with E-state index >= 15 is 0 Å². The van der Waals surface area contributed by atoms with Crippen LogP contribution in [0.5, 0.6) is 0 Å². The van der Waals surface area contributed by atoms with Crippen molar-refractivity contribution in [3.63, 3.8) is 0 Å². The average Bonchev–Trinajstić information content (AvgIpc) is 3.33. The summed E-state index contributed by atoms with van der Waals surface area (Å²) in [7, 11) is -15.7. The maximum atomic E-state index is 11.7. The monoisotopic (exact) mass is 582 g/mol. The third kappa shape index (κ3) is 7.34. The number of phosphoric ester groups is 3. The Morgan fingerprint density at radius 1 is 0.865 bits per heavy atom. The van der Waals surface area contributed by atoms with Crippen molar-refractivity contribution >= 4 is 34.6 Å². The first-order valence-electron chi connectivity index (χ1n) is 10.2. The van der Waals surface area contributed by atoms with E-state index in [1.54, 1.807) is 0 Å². The lowest BCUT2D eigenvalue weighted by atomic mass is 10.1. The second kappa shape index (κ2) is 10.7. The van der Waals surface area contributed by atoms with E-state index in [9.17, 15) is 33.3 Å². The van der Waals surface area contributed by atoms with Gasteiger partial charge in [0.2, 0.25) is 0 Å². The molecule has 3 aromatic rings. The van der Waals surface area contributed by atoms with Gasteiger partial charge in [-0.05, 0) is 5.56 Å². The molecule has 0 spiro atoms. The Bertz CT molecular complexity index is 1390. The number of ether oxygens (including phenoxy) is 1. The molecular formula is C17H21N4O13P3. The van der Waals surface area contributed by atoms with Crippen LogP contribution in [0, 0.1) is 0 Å². The highest BCUT2D eigenvalue weighted by molar-refractivity contribution is 7.46. The first kappa shape index (κ1) is 28.1. The molecule has 4 rings (SSSR count). The van der Waals surface area contributed by atoms with E-state index in [1.165, 1.54) is 17.2 Å². The Hall–Kier alpha value is -1.94. The largest absolute Gasteiger partial charge is 0.470 e. The predicted molar refractivity (Wildman–Crippen MR) is 120 cm³/mol. The van der Waals surface area contributed by atoms with Gasteiger partial charge in [-0.1, -0.05) is 30.3 Å². The minimum absolute atomic E-state index is 0.108. The number of rotatable bonds is 10. The number of hydrogen-bond acceptors (Lipinski definition) is 10. The molecule has 1 aromatic carbocycles. The molecule has 3 heterocycles. The Morgan fingerprint density at radius 3 is 2.14 bits per heavy atom. The Balaban J connectivity index is 1.75. The van der Waals surface area contributed by atoms with Crippen LogP contribution in [0.2, 0.25) is 0 Å². The van der Waals surface area contributed by atoms with Crippen molar-refractivity contribution in [2.24, 2.45) is 0 Å². The molecule has 6 N–H and O–H groups in total. The average molecular weight is 582 g/mol. The molecule has 1 fully saturated rings. The summed E-state index contributed by atoms with van der Waals surface area (Å²) in [5.41, 5.74) is 1.79. The molecule has 0 unspecified atom stereocenters. The zero-order valence-electron chi connectivity index (χ0n) is 18.4. The highest BCUT2D eigenvalue weighted by atomic mass is 31.2. The smallest absolute Gasteiger partial charge is 0.347 e. The summed E-state index contributed by atoms with van der Waals surface area (Å²) in [5.74, 6) is 0. The summed E-state index contributed by atoms with van der Waals surface area (Å²) in [4.78, 5) is 68.3. The minimum Gasteiger partial charge on any atom is -0.347 e. The molecule has 202 valence electrons. The molecule has 0 radical (unpaired) electrons. The van der Waals surface area contributed by atoms with Crippen LogP contribution < -0.4 is 0 Å². The number of hydrogen-bond donors (Lipinski definition) is 6. The first-order valence-corrected chi connectivity index (χ1v) is 14.8. The molecule has 0 bridgehead atoms. The summed E-state index contributed by atoms with van der Waals surface area (Å²) in [6.45, 7) is -0.979. The van der Waals surface area contributed by atoms with Gasteiger partial charge in [-0.15, -0.1) is 0 Å². The van der Waals surface area contributed by atoms with Gasteiger partial charge in [-0.3, -0.25) is 18.1 Å². The topological polar surface area (TPSA) is 253 Å². The molecule has 1 aliphatic heterocycles. The molecule has 20 heteroatoms. The summed E-state index contributed by atoms with van der Waals surface area (Å²) < 4.78 is 55.1. The maximum absolute atomic E-state index is 11.7. The van der Waals surface area contributed by atoms with Crippen LogP contribution in [0.4, 0.5) is 0 Å². The SMILES string of the molecule is O=P(O)(O)OC[C@@H]1O[C@H](n2cnc3c(Cc4ccccc4)ncnc32)[C@@H](OP(=O)(O)O)[C@H]1OP(=O)(O)O. The Morgan fingerprint density at radius 2 is 1.51 bits per heavy atom. The molecular weight excluding hydrogens is 561 g/mol. The summed E-state index contributed by atoms with van der Waals surface area (Å²) in [6.07, 6.45) is -4.37. The number of benzene rings is 1. The highest BCUT2D eigenvalue weighted by Gasteiger charge is 2.53. The van der Waals surface area contributed by atoms with E-state index in [2.05, 4.69) is 24.0 Å². The lowest BCUT2D eigenvalue weighted by molar-refractivity contribution is -0.0496. The van der Waals surface area contributed by atoms with E-state index in [0.717, 1.165) is 5.56 Å². The van der Waals surface area contributed by atoms with Crippen LogP contribution in [-0.2, 0) is 38.4 Å². The fraction of sp³-hybridized carbons (Fsp3) is 0.353. The van der Waals surface area contributed by atoms with Crippen LogP contribution in [0.25, 0.3) is 11.2 Å². The van der Waals surface area contributed by atoms with Gasteiger partial charge in [0, 0.05) is 6.42 Å². The number of nitrogens with zero attached hydrogens (tertiary/aromatic N) is 4. The van der Waals surface area contributed by atoms with E-state index in [0.29, 0.717) is 12.1 Å². The van der Waals surface area contributed by atoms with Crippen molar-refractivity contribution in [3.8, 4) is 0 Å². The van der Waals surface area contributed by atoms with Gasteiger partial charge in [-0.2, -0.15) is 0 Å². The normalized spacial score (nSPS) is 23.1. The zero-order chi connectivity index (χ0) is 27.0. The predicted octanol–water partition coefficient (Wildman–Crippen LogP) is 0.380. The van der Waals surface area contributed by atoms with Crippen molar-refractivity contribution in [2.75, 3.05) is 6.61 Å². The van der Waals surface area contributed by atoms with Gasteiger partial charge in [0.1, 0.15) is 30.2 Å². The van der Waals surface area contributed by atoms with Crippen molar-refractivity contribution in [1.82, 2.24) is 19.5 Å². The third-order valence-corrected chi connectivity index (χ3v) is 6.66. The number of phosphoric acid groups is 3. The van der Waals surface area contributed by atoms with Crippen molar-refractivity contribution in [1.29, 1.82) is 0 Å². The second-order valence-electron chi connectivity index (χ2n) is 7.78. The molecule has 0 aliphatic carbocycles. The zero-order valence-corrected chi connectivity index (χ0v) is 21.1. The van der Waals surface area contributed by atoms with Gasteiger partial charge in [0.25, 0.3) is 0 Å². The van der Waals surface area contributed by atoms with E-state index < -0.39 is 54.6 Å². The van der Waals surface area contributed by atoms with E-state index in [1.807, 2.05) is 30.3 Å². The number of fused-ring (bicyclic) bond motifs is 1. The molecule has 2 aromatic heterocycles. The quantitative estimate of drug-likeness (QED) is 0.177. The molecule has 17 nitrogen and oxygen atoms in total. The van der Waals surface area contributed by atoms with Gasteiger partial charge in [0.15, 0.2) is 11.9 Å². The Kier molecular flexibility index (Phi) is 8.10. The second-order valence-corrected chi connectivity index (χ2v) is 11.4. The number of aromatic nitrogens is 4. The lowest BCUT2D eigenvalue weighted by Crippen LogP contribution is -2.37. The summed E-state index contributed by atoms with van der Waals surface area (Å²) >= 11 is 0. The molecule has 0 amide bonds. The van der Waals surface area contributed by atoms with Gasteiger partial charge < -0.3 is 34.1 Å². The van der Waals surface area contributed by atoms with Gasteiger partial charge in [-0.25, -0.2) is 28.6 Å². The molecule has 37 heavy (non-hydrogen) atoms. The van der Waals surface area contributed by atoms with Crippen LogP contribution in [0.15, 0.2) is 43.0 Å². The van der Waals surface area contributed by atoms with E-state index in [-0.39, 0.29) is 11.2 Å². The van der Waals surface area contributed by atoms with Crippen LogP contribution in [0.1, 0.15) is 17.5 Å². The fourth-order valence-corrected chi connectivity index (χ4v) is 5.25. The van der Waals surface area contributed by atoms with Crippen molar-refractivity contribution < 1.29 is 61.4 Å². The molecule has 4 atom stereocenters. The molecule has 1 saturated heterocycles. The Labute approximate surface area is 207 Å². The third-order valence-electron chi connectivity index (χ3n) is 5.13. The summed E-state index contributed by atoms with van der Waals surface area (Å²) in [5, 5.41) is 0. The van der Waals surface area contributed by atoms with Crippen LogP contribution in [-0.4, -0.2) is 73.8 Å². The van der Waals surface area contributed by atoms with Crippen molar-refractivity contribution in [2.45, 2.75) is 31.0 Å². The standard InChI is InChI=1S/C17H21N4O13P3/c22-35(23,24)31-7-12-14(33-36(25,26)27)15(34-37(28,29)30)17(32-12)21-9-20-13-11(18-8-19-16(13)21)6-10-4-2-1-3-5-10/h1-5,8-9,12,14-15,17H,6-7H2,(H2,22,23,24)(H2,25,26,27)(H2,28,29,30)/t12-,14-,15-,17-/m0/s1. The fourth-order valence-electron chi connectivity index (χ4n) is 3.80. The maximum Gasteiger partial charge on any atom is 0.470 e. The van der Waals surface area contributed by atoms with Crippen molar-refractivity contribution in [3.05, 3.63) is 54.2 Å². The first-order chi connectivity index (χ1) is 17.2. The van der Waals surface area contributed by atoms with Crippen LogP contribution in [0.3, 0.4) is 0 Å². The van der Waals surface area contributed by atoms with Gasteiger partial charge in [0.05, 0.1) is 18.6 Å². The minimum atomic E-state index is -5.33. The number of imidazole rings is 1. The van der Waals surface area contributed by atoms with Crippen LogP contribution >= 0.6 is 23.5 Å². The highest BCUT2D eigenvalue weighted by Crippen LogP contribution is 2.50. The molecule has 1 aliphatic rings. The van der Waals surface area contributed by atoms with E-state index in [4.69, 9.17) is 19.0 Å². The lowest BCUT2D eigenvalue weighted by Gasteiger charge is -2.25. The molecule has 0 saturated carbocycles.